The first-order valence-electron chi connectivity index (χ1n) is 10.5. The van der Waals surface area contributed by atoms with Crippen LogP contribution in [-0.4, -0.2) is 34.5 Å². The summed E-state index contributed by atoms with van der Waals surface area (Å²) in [4.78, 5) is 20.5. The Morgan fingerprint density at radius 2 is 1.76 bits per heavy atom. The molecule has 150 valence electrons. The van der Waals surface area contributed by atoms with E-state index < -0.39 is 0 Å². The van der Waals surface area contributed by atoms with Gasteiger partial charge in [0.25, 0.3) is 5.91 Å². The van der Waals surface area contributed by atoms with Gasteiger partial charge >= 0.3 is 0 Å². The molecule has 1 aliphatic heterocycles. The van der Waals surface area contributed by atoms with Gasteiger partial charge in [0, 0.05) is 23.0 Å². The van der Waals surface area contributed by atoms with Gasteiger partial charge in [-0.25, -0.2) is 4.98 Å². The second kappa shape index (κ2) is 8.24. The number of nitrogens with zero attached hydrogens (tertiary/aromatic N) is 2. The minimum absolute atomic E-state index is 0.107. The number of rotatable bonds is 4. The molecule has 0 radical (unpaired) electrons. The molecule has 1 saturated heterocycles. The number of ether oxygens (including phenoxy) is 1. The zero-order valence-electron chi connectivity index (χ0n) is 17.4. The van der Waals surface area contributed by atoms with E-state index in [1.54, 1.807) is 0 Å². The van der Waals surface area contributed by atoms with E-state index in [0.29, 0.717) is 6.61 Å². The van der Waals surface area contributed by atoms with E-state index in [-0.39, 0.29) is 18.0 Å². The summed E-state index contributed by atoms with van der Waals surface area (Å²) >= 11 is 0. The Labute approximate surface area is 172 Å². The van der Waals surface area contributed by atoms with E-state index in [0.717, 1.165) is 46.3 Å². The van der Waals surface area contributed by atoms with E-state index >= 15 is 0 Å². The lowest BCUT2D eigenvalue weighted by molar-refractivity contribution is 0.0513. The average Bonchev–Trinajstić information content (AvgIpc) is 2.73. The number of aromatic nitrogens is 1. The van der Waals surface area contributed by atoms with Crippen molar-refractivity contribution < 1.29 is 9.53 Å². The zero-order valence-corrected chi connectivity index (χ0v) is 17.4. The van der Waals surface area contributed by atoms with Gasteiger partial charge in [-0.05, 0) is 76.4 Å². The predicted molar refractivity (Wildman–Crippen MR) is 117 cm³/mol. The largest absolute Gasteiger partial charge is 0.494 e. The van der Waals surface area contributed by atoms with Crippen LogP contribution >= 0.6 is 0 Å². The molecule has 2 heterocycles. The maximum atomic E-state index is 13.6. The molecule has 2 aromatic carbocycles. The standard InChI is InChI=1S/C25H28N2O2/c1-4-29-20-14-12-19(13-15-20)24-16-22(21-10-5-6-11-23(21)26-24)25(28)27-17(2)8-7-9-18(27)3/h5-6,10-18H,4,7-9H2,1-3H3/t17-,18+. The van der Waals surface area contributed by atoms with Crippen LogP contribution in [0.2, 0.25) is 0 Å². The zero-order chi connectivity index (χ0) is 20.4. The molecule has 3 aromatic rings. The number of pyridine rings is 1. The third-order valence-electron chi connectivity index (χ3n) is 5.84. The third-order valence-corrected chi connectivity index (χ3v) is 5.84. The van der Waals surface area contributed by atoms with Crippen LogP contribution in [-0.2, 0) is 0 Å². The third kappa shape index (κ3) is 3.84. The van der Waals surface area contributed by atoms with Crippen LogP contribution in [0.3, 0.4) is 0 Å². The van der Waals surface area contributed by atoms with Crippen LogP contribution in [0.5, 0.6) is 5.75 Å². The van der Waals surface area contributed by atoms with Crippen molar-refractivity contribution >= 4 is 16.8 Å². The first-order valence-corrected chi connectivity index (χ1v) is 10.5. The van der Waals surface area contributed by atoms with Crippen LogP contribution in [0.1, 0.15) is 50.4 Å². The Hall–Kier alpha value is -2.88. The van der Waals surface area contributed by atoms with Gasteiger partial charge in [-0.2, -0.15) is 0 Å². The Balaban J connectivity index is 1.79. The lowest BCUT2D eigenvalue weighted by Crippen LogP contribution is -2.47. The SMILES string of the molecule is CCOc1ccc(-c2cc(C(=O)N3[C@H](C)CCC[C@@H]3C)c3ccccc3n2)cc1. The number of carbonyl (C=O) groups excluding carboxylic acids is 1. The summed E-state index contributed by atoms with van der Waals surface area (Å²) in [5, 5.41) is 0.914. The first-order chi connectivity index (χ1) is 14.1. The summed E-state index contributed by atoms with van der Waals surface area (Å²) in [5.41, 5.74) is 3.38. The number of fused-ring (bicyclic) bond motifs is 1. The minimum atomic E-state index is 0.107. The van der Waals surface area contributed by atoms with Crippen molar-refractivity contribution in [1.29, 1.82) is 0 Å². The van der Waals surface area contributed by atoms with Crippen molar-refractivity contribution in [2.24, 2.45) is 0 Å². The lowest BCUT2D eigenvalue weighted by atomic mass is 9.95. The number of para-hydroxylation sites is 1. The van der Waals surface area contributed by atoms with Gasteiger partial charge in [-0.15, -0.1) is 0 Å². The average molecular weight is 389 g/mol. The molecule has 0 unspecified atom stereocenters. The van der Waals surface area contributed by atoms with Crippen molar-refractivity contribution in [2.75, 3.05) is 6.61 Å². The Morgan fingerprint density at radius 1 is 1.07 bits per heavy atom. The predicted octanol–water partition coefficient (Wildman–Crippen LogP) is 5.70. The summed E-state index contributed by atoms with van der Waals surface area (Å²) in [6, 6.07) is 18.3. The molecular weight excluding hydrogens is 360 g/mol. The number of piperidine rings is 1. The van der Waals surface area contributed by atoms with Gasteiger partial charge in [0.2, 0.25) is 0 Å². The summed E-state index contributed by atoms with van der Waals surface area (Å²) in [5.74, 6) is 0.944. The number of carbonyl (C=O) groups is 1. The number of hydrogen-bond donors (Lipinski definition) is 0. The van der Waals surface area contributed by atoms with E-state index in [9.17, 15) is 4.79 Å². The van der Waals surface area contributed by atoms with Crippen molar-refractivity contribution in [1.82, 2.24) is 9.88 Å². The van der Waals surface area contributed by atoms with E-state index in [4.69, 9.17) is 9.72 Å². The lowest BCUT2D eigenvalue weighted by Gasteiger charge is -2.39. The van der Waals surface area contributed by atoms with E-state index in [1.165, 1.54) is 6.42 Å². The highest BCUT2D eigenvalue weighted by Gasteiger charge is 2.30. The maximum absolute atomic E-state index is 13.6. The molecule has 0 saturated carbocycles. The van der Waals surface area contributed by atoms with Gasteiger partial charge < -0.3 is 9.64 Å². The number of hydrogen-bond acceptors (Lipinski definition) is 3. The molecule has 1 amide bonds. The summed E-state index contributed by atoms with van der Waals surface area (Å²) in [6.07, 6.45) is 3.30. The fourth-order valence-electron chi connectivity index (χ4n) is 4.35. The molecule has 1 aromatic heterocycles. The van der Waals surface area contributed by atoms with Crippen LogP contribution in [0.4, 0.5) is 0 Å². The minimum Gasteiger partial charge on any atom is -0.494 e. The topological polar surface area (TPSA) is 42.4 Å². The molecule has 1 aliphatic rings. The number of likely N-dealkylation sites (tertiary alicyclic amines) is 1. The summed E-state index contributed by atoms with van der Waals surface area (Å²) in [6.45, 7) is 6.92. The van der Waals surface area contributed by atoms with Gasteiger partial charge in [-0.1, -0.05) is 18.2 Å². The van der Waals surface area contributed by atoms with Crippen LogP contribution < -0.4 is 4.74 Å². The summed E-state index contributed by atoms with van der Waals surface area (Å²) in [7, 11) is 0. The highest BCUT2D eigenvalue weighted by atomic mass is 16.5. The monoisotopic (exact) mass is 388 g/mol. The molecule has 4 nitrogen and oxygen atoms in total. The Bertz CT molecular complexity index is 1000. The number of benzene rings is 2. The second-order valence-corrected chi connectivity index (χ2v) is 7.87. The van der Waals surface area contributed by atoms with Crippen LogP contribution in [0.15, 0.2) is 54.6 Å². The molecule has 29 heavy (non-hydrogen) atoms. The molecule has 0 aliphatic carbocycles. The summed E-state index contributed by atoms with van der Waals surface area (Å²) < 4.78 is 5.55. The molecule has 0 bridgehead atoms. The highest BCUT2D eigenvalue weighted by molar-refractivity contribution is 6.07. The van der Waals surface area contributed by atoms with Crippen molar-refractivity contribution in [2.45, 2.75) is 52.1 Å². The molecule has 4 rings (SSSR count). The fourth-order valence-corrected chi connectivity index (χ4v) is 4.35. The smallest absolute Gasteiger partial charge is 0.255 e. The van der Waals surface area contributed by atoms with Gasteiger partial charge in [0.1, 0.15) is 5.75 Å². The molecule has 1 fully saturated rings. The molecular formula is C25H28N2O2. The maximum Gasteiger partial charge on any atom is 0.255 e. The number of amides is 1. The van der Waals surface area contributed by atoms with E-state index in [2.05, 4.69) is 18.7 Å². The van der Waals surface area contributed by atoms with Crippen molar-refractivity contribution in [3.63, 3.8) is 0 Å². The second-order valence-electron chi connectivity index (χ2n) is 7.87. The van der Waals surface area contributed by atoms with E-state index in [1.807, 2.05) is 61.5 Å². The van der Waals surface area contributed by atoms with Crippen LogP contribution in [0, 0.1) is 0 Å². The Kier molecular flexibility index (Phi) is 5.52. The molecule has 0 spiro atoms. The molecule has 4 heteroatoms. The van der Waals surface area contributed by atoms with Gasteiger partial charge in [-0.3, -0.25) is 4.79 Å². The van der Waals surface area contributed by atoms with Crippen LogP contribution in [0.25, 0.3) is 22.2 Å². The Morgan fingerprint density at radius 3 is 2.45 bits per heavy atom. The molecule has 2 atom stereocenters. The van der Waals surface area contributed by atoms with Gasteiger partial charge in [0.15, 0.2) is 0 Å². The quantitative estimate of drug-likeness (QED) is 0.575. The van der Waals surface area contributed by atoms with Gasteiger partial charge in [0.05, 0.1) is 23.4 Å². The normalized spacial score (nSPS) is 19.3. The first kappa shape index (κ1) is 19.4. The molecule has 0 N–H and O–H groups in total. The van der Waals surface area contributed by atoms with Crippen molar-refractivity contribution in [3.05, 3.63) is 60.2 Å². The fraction of sp³-hybridized carbons (Fsp3) is 0.360. The van der Waals surface area contributed by atoms with Crippen molar-refractivity contribution in [3.8, 4) is 17.0 Å². The highest BCUT2D eigenvalue weighted by Crippen LogP contribution is 2.30.